The van der Waals surface area contributed by atoms with Crippen LogP contribution in [0.5, 0.6) is 0 Å². The van der Waals surface area contributed by atoms with E-state index >= 15 is 0 Å². The molecule has 0 saturated heterocycles. The Hall–Kier alpha value is 0.440. The molecule has 1 heterocycles. The van der Waals surface area contributed by atoms with E-state index in [-0.39, 0.29) is 6.61 Å². The highest BCUT2D eigenvalue weighted by molar-refractivity contribution is 9.12. The predicted octanol–water partition coefficient (Wildman–Crippen LogP) is 3.98. The molecular formula is C9H10Br2F2O2S. The van der Waals surface area contributed by atoms with Gasteiger partial charge in [-0.2, -0.15) is 0 Å². The van der Waals surface area contributed by atoms with E-state index in [1.54, 1.807) is 6.07 Å². The van der Waals surface area contributed by atoms with Crippen molar-refractivity contribution in [1.82, 2.24) is 0 Å². The Balaban J connectivity index is 2.35. The largest absolute Gasteiger partial charge is 0.388 e. The zero-order chi connectivity index (χ0) is 12.1. The van der Waals surface area contributed by atoms with Crippen molar-refractivity contribution in [3.63, 3.8) is 0 Å². The second kappa shape index (κ2) is 7.00. The zero-order valence-electron chi connectivity index (χ0n) is 8.13. The van der Waals surface area contributed by atoms with E-state index in [4.69, 9.17) is 4.74 Å². The van der Waals surface area contributed by atoms with Gasteiger partial charge in [0, 0.05) is 18.6 Å². The van der Waals surface area contributed by atoms with Crippen molar-refractivity contribution in [3.05, 3.63) is 19.2 Å². The molecule has 0 radical (unpaired) electrons. The summed E-state index contributed by atoms with van der Waals surface area (Å²) >= 11 is 8.07. The summed E-state index contributed by atoms with van der Waals surface area (Å²) in [4.78, 5) is 0. The van der Waals surface area contributed by atoms with Gasteiger partial charge in [-0.3, -0.25) is 0 Å². The van der Waals surface area contributed by atoms with Crippen molar-refractivity contribution in [3.8, 4) is 0 Å². The molecule has 0 amide bonds. The summed E-state index contributed by atoms with van der Waals surface area (Å²) in [5.41, 5.74) is 0.748. The molecule has 0 saturated carbocycles. The summed E-state index contributed by atoms with van der Waals surface area (Å²) in [6.07, 6.45) is -2.86. The Morgan fingerprint density at radius 3 is 2.62 bits per heavy atom. The minimum Gasteiger partial charge on any atom is -0.388 e. The topological polar surface area (TPSA) is 29.5 Å². The van der Waals surface area contributed by atoms with E-state index in [1.165, 1.54) is 11.3 Å². The van der Waals surface area contributed by atoms with Crippen molar-refractivity contribution in [2.75, 3.05) is 13.2 Å². The van der Waals surface area contributed by atoms with E-state index in [9.17, 15) is 13.9 Å². The minimum atomic E-state index is -2.46. The normalized spacial score (nSPS) is 13.4. The van der Waals surface area contributed by atoms with Crippen LogP contribution in [0.25, 0.3) is 0 Å². The molecule has 1 aromatic heterocycles. The molecule has 1 atom stereocenters. The Bertz CT molecular complexity index is 333. The number of alkyl halides is 2. The van der Waals surface area contributed by atoms with E-state index in [0.717, 1.165) is 13.1 Å². The fourth-order valence-electron chi connectivity index (χ4n) is 1.10. The number of ether oxygens (including phenoxy) is 1. The average molecular weight is 380 g/mol. The van der Waals surface area contributed by atoms with Crippen molar-refractivity contribution in [2.45, 2.75) is 19.0 Å². The van der Waals surface area contributed by atoms with Crippen LogP contribution in [0, 0.1) is 0 Å². The maximum atomic E-state index is 11.8. The molecule has 1 aromatic rings. The quantitative estimate of drug-likeness (QED) is 0.757. The summed E-state index contributed by atoms with van der Waals surface area (Å²) in [5.74, 6) is 0. The summed E-state index contributed by atoms with van der Waals surface area (Å²) in [6.45, 7) is -0.466. The molecule has 0 aromatic carbocycles. The van der Waals surface area contributed by atoms with Gasteiger partial charge in [0.2, 0.25) is 0 Å². The van der Waals surface area contributed by atoms with Crippen LogP contribution in [0.4, 0.5) is 8.78 Å². The molecule has 0 aliphatic carbocycles. The molecule has 0 aliphatic rings. The third kappa shape index (κ3) is 4.75. The lowest BCUT2D eigenvalue weighted by molar-refractivity contribution is 0.00479. The molecule has 7 heteroatoms. The lowest BCUT2D eigenvalue weighted by Crippen LogP contribution is -2.08. The maximum Gasteiger partial charge on any atom is 0.261 e. The molecule has 1 rings (SSSR count). The molecule has 0 bridgehead atoms. The number of aliphatic hydroxyl groups excluding tert-OH is 1. The van der Waals surface area contributed by atoms with Crippen LogP contribution in [0.1, 0.15) is 18.1 Å². The fraction of sp³-hybridized carbons (Fsp3) is 0.556. The fourth-order valence-corrected chi connectivity index (χ4v) is 4.06. The molecule has 92 valence electrons. The minimum absolute atomic E-state index is 0.116. The van der Waals surface area contributed by atoms with Gasteiger partial charge >= 0.3 is 0 Å². The molecule has 2 nitrogen and oxygen atoms in total. The van der Waals surface area contributed by atoms with Crippen molar-refractivity contribution in [2.24, 2.45) is 0 Å². The number of rotatable bonds is 6. The van der Waals surface area contributed by atoms with Gasteiger partial charge in [-0.15, -0.1) is 11.3 Å². The number of aliphatic hydroxyl groups is 1. The summed E-state index contributed by atoms with van der Waals surface area (Å²) in [5, 5.41) is 9.77. The molecule has 1 unspecified atom stereocenters. The van der Waals surface area contributed by atoms with Gasteiger partial charge < -0.3 is 9.84 Å². The van der Waals surface area contributed by atoms with Crippen LogP contribution in [0.3, 0.4) is 0 Å². The molecule has 0 aliphatic heterocycles. The van der Waals surface area contributed by atoms with E-state index in [2.05, 4.69) is 31.9 Å². The summed E-state index contributed by atoms with van der Waals surface area (Å²) in [7, 11) is 0. The average Bonchev–Trinajstić information content (AvgIpc) is 2.52. The monoisotopic (exact) mass is 378 g/mol. The SMILES string of the molecule is OC(CCOCC(F)F)c1cc(Br)sc1Br. The van der Waals surface area contributed by atoms with Crippen LogP contribution < -0.4 is 0 Å². The zero-order valence-corrected chi connectivity index (χ0v) is 12.1. The Labute approximate surface area is 113 Å². The number of thiophene rings is 1. The third-order valence-electron chi connectivity index (χ3n) is 1.82. The summed E-state index contributed by atoms with van der Waals surface area (Å²) < 4.78 is 29.9. The first kappa shape index (κ1) is 14.5. The van der Waals surface area contributed by atoms with Gasteiger partial charge in [-0.05, 0) is 37.9 Å². The van der Waals surface area contributed by atoms with Gasteiger partial charge in [0.25, 0.3) is 6.43 Å². The van der Waals surface area contributed by atoms with Gasteiger partial charge in [0.05, 0.1) is 13.7 Å². The van der Waals surface area contributed by atoms with Gasteiger partial charge in [0.1, 0.15) is 6.61 Å². The number of hydrogen-bond donors (Lipinski definition) is 1. The Morgan fingerprint density at radius 1 is 1.44 bits per heavy atom. The van der Waals surface area contributed by atoms with Crippen molar-refractivity contribution in [1.29, 1.82) is 0 Å². The van der Waals surface area contributed by atoms with Crippen molar-refractivity contribution >= 4 is 43.2 Å². The highest BCUT2D eigenvalue weighted by atomic mass is 79.9. The van der Waals surface area contributed by atoms with Crippen LogP contribution in [-0.2, 0) is 4.74 Å². The first-order valence-corrected chi connectivity index (χ1v) is 6.89. The number of halogens is 4. The van der Waals surface area contributed by atoms with Crippen LogP contribution >= 0.6 is 43.2 Å². The first-order chi connectivity index (χ1) is 7.50. The lowest BCUT2D eigenvalue weighted by atomic mass is 10.1. The predicted molar refractivity (Wildman–Crippen MR) is 66.1 cm³/mol. The van der Waals surface area contributed by atoms with Crippen LogP contribution in [-0.4, -0.2) is 24.7 Å². The van der Waals surface area contributed by atoms with E-state index < -0.39 is 19.1 Å². The molecule has 1 N–H and O–H groups in total. The van der Waals surface area contributed by atoms with Crippen molar-refractivity contribution < 1.29 is 18.6 Å². The van der Waals surface area contributed by atoms with Gasteiger partial charge in [-0.1, -0.05) is 0 Å². The highest BCUT2D eigenvalue weighted by Gasteiger charge is 2.14. The highest BCUT2D eigenvalue weighted by Crippen LogP contribution is 2.36. The molecule has 16 heavy (non-hydrogen) atoms. The van der Waals surface area contributed by atoms with E-state index in [1.807, 2.05) is 0 Å². The first-order valence-electron chi connectivity index (χ1n) is 4.49. The second-order valence-electron chi connectivity index (χ2n) is 3.05. The third-order valence-corrected chi connectivity index (χ3v) is 4.21. The molecule has 0 fully saturated rings. The number of hydrogen-bond acceptors (Lipinski definition) is 3. The second-order valence-corrected chi connectivity index (χ2v) is 6.80. The molecular weight excluding hydrogens is 370 g/mol. The summed E-state index contributed by atoms with van der Waals surface area (Å²) in [6, 6.07) is 1.80. The standard InChI is InChI=1S/C9H10Br2F2O2S/c10-7-3-5(9(11)16-7)6(14)1-2-15-4-8(12)13/h3,6,8,14H,1-2,4H2. The van der Waals surface area contributed by atoms with Crippen LogP contribution in [0.2, 0.25) is 0 Å². The lowest BCUT2D eigenvalue weighted by Gasteiger charge is -2.09. The Kier molecular flexibility index (Phi) is 6.35. The smallest absolute Gasteiger partial charge is 0.261 e. The van der Waals surface area contributed by atoms with Gasteiger partial charge in [-0.25, -0.2) is 8.78 Å². The molecule has 0 spiro atoms. The van der Waals surface area contributed by atoms with Crippen LogP contribution in [0.15, 0.2) is 13.6 Å². The van der Waals surface area contributed by atoms with E-state index in [0.29, 0.717) is 6.42 Å². The Morgan fingerprint density at radius 2 is 2.12 bits per heavy atom. The maximum absolute atomic E-state index is 11.8. The van der Waals surface area contributed by atoms with Gasteiger partial charge in [0.15, 0.2) is 0 Å².